The minimum absolute atomic E-state index is 0.687. The van der Waals surface area contributed by atoms with Crippen LogP contribution in [0.1, 0.15) is 191 Å². The molecular formula is C40H78. The Morgan fingerprint density at radius 1 is 0.475 bits per heavy atom. The molecule has 0 aromatic heterocycles. The Balaban J connectivity index is 3.76. The smallest absolute Gasteiger partial charge is 0.0265 e. The Hall–Kier alpha value is -0.520. The maximum absolute atomic E-state index is 3.91. The predicted octanol–water partition coefficient (Wildman–Crippen LogP) is 14.4. The van der Waals surface area contributed by atoms with Crippen LogP contribution in [0.3, 0.4) is 0 Å². The molecule has 0 heterocycles. The summed E-state index contributed by atoms with van der Waals surface area (Å²) in [5.74, 6) is 6.06. The van der Waals surface area contributed by atoms with E-state index in [-0.39, 0.29) is 0 Å². The molecule has 0 N–H and O–H groups in total. The van der Waals surface area contributed by atoms with Crippen LogP contribution in [-0.4, -0.2) is 0 Å². The Labute approximate surface area is 256 Å². The fourth-order valence-electron chi connectivity index (χ4n) is 6.39. The Morgan fingerprint density at radius 3 is 1.23 bits per heavy atom. The molecule has 0 spiro atoms. The molecule has 40 heavy (non-hydrogen) atoms. The Kier molecular flexibility index (Phi) is 25.8. The summed E-state index contributed by atoms with van der Waals surface area (Å²) in [6, 6.07) is 0. The van der Waals surface area contributed by atoms with Crippen molar-refractivity contribution < 1.29 is 0 Å². The lowest BCUT2D eigenvalue weighted by atomic mass is 9.90. The first-order valence-electron chi connectivity index (χ1n) is 18.3. The van der Waals surface area contributed by atoms with Crippen molar-refractivity contribution in [1.82, 2.24) is 0 Å². The molecule has 0 amide bonds. The van der Waals surface area contributed by atoms with Crippen LogP contribution in [0, 0.1) is 41.4 Å². The van der Waals surface area contributed by atoms with E-state index in [1.165, 1.54) is 128 Å². The van der Waals surface area contributed by atoms with Crippen molar-refractivity contribution in [2.75, 3.05) is 0 Å². The van der Waals surface area contributed by atoms with Gasteiger partial charge in [0.2, 0.25) is 0 Å². The molecule has 0 aliphatic carbocycles. The summed E-state index contributed by atoms with van der Waals surface area (Å²) in [6.45, 7) is 25.7. The van der Waals surface area contributed by atoms with Gasteiger partial charge in [-0.05, 0) is 80.5 Å². The fourth-order valence-corrected chi connectivity index (χ4v) is 6.39. The molecule has 6 atom stereocenters. The molecule has 0 aromatic rings. The molecule has 6 unspecified atom stereocenters. The first-order valence-corrected chi connectivity index (χ1v) is 18.3. The molecule has 0 saturated heterocycles. The van der Waals surface area contributed by atoms with E-state index in [0.29, 0.717) is 5.92 Å². The van der Waals surface area contributed by atoms with Gasteiger partial charge >= 0.3 is 0 Å². The second-order valence-electron chi connectivity index (χ2n) is 15.3. The van der Waals surface area contributed by atoms with Crippen molar-refractivity contribution in [3.8, 4) is 0 Å². The van der Waals surface area contributed by atoms with E-state index in [1.807, 2.05) is 0 Å². The highest BCUT2D eigenvalue weighted by Gasteiger charge is 2.09. The maximum atomic E-state index is 3.91. The van der Waals surface area contributed by atoms with E-state index in [0.717, 1.165) is 35.5 Å². The number of hydrogen-bond donors (Lipinski definition) is 0. The molecule has 0 aromatic carbocycles. The van der Waals surface area contributed by atoms with Crippen molar-refractivity contribution >= 4 is 0 Å². The molecule has 0 nitrogen and oxygen atoms in total. The lowest BCUT2D eigenvalue weighted by Crippen LogP contribution is -2.01. The summed E-state index contributed by atoms with van der Waals surface area (Å²) in [5, 5.41) is 0. The van der Waals surface area contributed by atoms with Gasteiger partial charge in [0.25, 0.3) is 0 Å². The van der Waals surface area contributed by atoms with Crippen molar-refractivity contribution in [3.63, 3.8) is 0 Å². The third kappa shape index (κ3) is 26.4. The van der Waals surface area contributed by atoms with Gasteiger partial charge in [-0.1, -0.05) is 169 Å². The van der Waals surface area contributed by atoms with Gasteiger partial charge in [-0.25, -0.2) is 0 Å². The number of allylic oxidation sites excluding steroid dienone is 3. The zero-order chi connectivity index (χ0) is 30.2. The first-order chi connectivity index (χ1) is 19.0. The van der Waals surface area contributed by atoms with Gasteiger partial charge in [0.1, 0.15) is 0 Å². The third-order valence-corrected chi connectivity index (χ3v) is 9.84. The molecule has 238 valence electrons. The van der Waals surface area contributed by atoms with Gasteiger partial charge in [0.15, 0.2) is 0 Å². The second-order valence-corrected chi connectivity index (χ2v) is 15.3. The lowest BCUT2D eigenvalue weighted by molar-refractivity contribution is 0.376. The summed E-state index contributed by atoms with van der Waals surface area (Å²) in [5.41, 5.74) is 1.64. The standard InChI is InChI=1S/C40H78/c1-11-34(4)20-13-22-36(6)24-15-26-38(8)28-17-30-40(10)32-18-31-39(9)29-16-27-37(7)25-14-23-35(5)21-12-19-33(2)3/h11,31,33-38,40H,1,12-30,32H2,2-10H3. The normalized spacial score (nSPS) is 17.0. The van der Waals surface area contributed by atoms with Gasteiger partial charge in [-0.2, -0.15) is 0 Å². The maximum Gasteiger partial charge on any atom is -0.0265 e. The van der Waals surface area contributed by atoms with Crippen molar-refractivity contribution in [2.24, 2.45) is 41.4 Å². The van der Waals surface area contributed by atoms with Gasteiger partial charge in [-0.3, -0.25) is 0 Å². The van der Waals surface area contributed by atoms with Crippen LogP contribution in [-0.2, 0) is 0 Å². The van der Waals surface area contributed by atoms with Crippen molar-refractivity contribution in [1.29, 1.82) is 0 Å². The van der Waals surface area contributed by atoms with Crippen LogP contribution in [0.2, 0.25) is 0 Å². The second kappa shape index (κ2) is 26.1. The average molecular weight is 559 g/mol. The highest BCUT2D eigenvalue weighted by atomic mass is 14.2. The molecule has 0 saturated carbocycles. The molecule has 0 fully saturated rings. The minimum atomic E-state index is 0.687. The van der Waals surface area contributed by atoms with E-state index >= 15 is 0 Å². The van der Waals surface area contributed by atoms with Gasteiger partial charge < -0.3 is 0 Å². The molecule has 0 bridgehead atoms. The number of hydrogen-bond acceptors (Lipinski definition) is 0. The van der Waals surface area contributed by atoms with Gasteiger partial charge in [0, 0.05) is 0 Å². The van der Waals surface area contributed by atoms with Crippen molar-refractivity contribution in [3.05, 3.63) is 24.3 Å². The monoisotopic (exact) mass is 559 g/mol. The Bertz CT molecular complexity index is 583. The molecule has 0 aliphatic rings. The summed E-state index contributed by atoms with van der Waals surface area (Å²) in [6.07, 6.45) is 32.6. The SMILES string of the molecule is C=CC(C)CCCC(C)CCCC(C)CCCC(C)CCC=C(C)CCCC(C)CCCC(C)CCCC(C)C. The van der Waals surface area contributed by atoms with Crippen LogP contribution in [0.25, 0.3) is 0 Å². The zero-order valence-corrected chi connectivity index (χ0v) is 29.5. The third-order valence-electron chi connectivity index (χ3n) is 9.84. The predicted molar refractivity (Wildman–Crippen MR) is 186 cm³/mol. The molecule has 0 rings (SSSR count). The van der Waals surface area contributed by atoms with Crippen molar-refractivity contribution in [2.45, 2.75) is 191 Å². The van der Waals surface area contributed by atoms with Crippen LogP contribution < -0.4 is 0 Å². The van der Waals surface area contributed by atoms with E-state index < -0.39 is 0 Å². The first kappa shape index (κ1) is 39.5. The molecular weight excluding hydrogens is 480 g/mol. The van der Waals surface area contributed by atoms with E-state index in [4.69, 9.17) is 0 Å². The topological polar surface area (TPSA) is 0 Å². The summed E-state index contributed by atoms with van der Waals surface area (Å²) in [4.78, 5) is 0. The minimum Gasteiger partial charge on any atom is -0.103 e. The van der Waals surface area contributed by atoms with E-state index in [9.17, 15) is 0 Å². The highest BCUT2D eigenvalue weighted by Crippen LogP contribution is 2.25. The van der Waals surface area contributed by atoms with Crippen LogP contribution in [0.4, 0.5) is 0 Å². The lowest BCUT2D eigenvalue weighted by Gasteiger charge is -2.16. The van der Waals surface area contributed by atoms with E-state index in [2.05, 4.69) is 81.0 Å². The van der Waals surface area contributed by atoms with Crippen LogP contribution in [0.15, 0.2) is 24.3 Å². The number of rotatable bonds is 28. The zero-order valence-electron chi connectivity index (χ0n) is 29.5. The highest BCUT2D eigenvalue weighted by molar-refractivity contribution is 4.97. The molecule has 0 aliphatic heterocycles. The summed E-state index contributed by atoms with van der Waals surface area (Å²) in [7, 11) is 0. The Morgan fingerprint density at radius 2 is 0.825 bits per heavy atom. The largest absolute Gasteiger partial charge is 0.103 e. The average Bonchev–Trinajstić information content (AvgIpc) is 2.88. The van der Waals surface area contributed by atoms with Gasteiger partial charge in [-0.15, -0.1) is 6.58 Å². The quantitative estimate of drug-likeness (QED) is 0.0837. The van der Waals surface area contributed by atoms with Crippen LogP contribution >= 0.6 is 0 Å². The fraction of sp³-hybridized carbons (Fsp3) is 0.900. The van der Waals surface area contributed by atoms with Gasteiger partial charge in [0.05, 0.1) is 0 Å². The summed E-state index contributed by atoms with van der Waals surface area (Å²) >= 11 is 0. The summed E-state index contributed by atoms with van der Waals surface area (Å²) < 4.78 is 0. The van der Waals surface area contributed by atoms with Crippen LogP contribution in [0.5, 0.6) is 0 Å². The van der Waals surface area contributed by atoms with E-state index in [1.54, 1.807) is 5.57 Å². The molecule has 0 heteroatoms. The molecule has 0 radical (unpaired) electrons.